The molecule has 0 fully saturated rings. The van der Waals surface area contributed by atoms with Crippen molar-refractivity contribution in [3.63, 3.8) is 0 Å². The van der Waals surface area contributed by atoms with Crippen LogP contribution in [-0.2, 0) is 19.1 Å². The third kappa shape index (κ3) is 5.49. The topological polar surface area (TPSA) is 95.7 Å². The number of nitro groups is 1. The fraction of sp³-hybridized carbons (Fsp3) is 0.625. The lowest BCUT2D eigenvalue weighted by atomic mass is 9.94. The zero-order valence-corrected chi connectivity index (χ0v) is 15.6. The van der Waals surface area contributed by atoms with Gasteiger partial charge in [0.2, 0.25) is 0 Å². The summed E-state index contributed by atoms with van der Waals surface area (Å²) in [6.07, 6.45) is 3.13. The average molecular weight is 353 g/mol. The fourth-order valence-corrected chi connectivity index (χ4v) is 2.96. The van der Waals surface area contributed by atoms with Gasteiger partial charge in [0, 0.05) is 18.3 Å². The predicted octanol–water partition coefficient (Wildman–Crippen LogP) is 1.95. The van der Waals surface area contributed by atoms with E-state index in [9.17, 15) is 19.7 Å². The summed E-state index contributed by atoms with van der Waals surface area (Å²) in [7, 11) is -1.74. The lowest BCUT2D eigenvalue weighted by Crippen LogP contribution is -2.40. The van der Waals surface area contributed by atoms with E-state index in [0.717, 1.165) is 0 Å². The molecule has 0 heterocycles. The van der Waals surface area contributed by atoms with E-state index in [1.807, 2.05) is 19.6 Å². The Labute approximate surface area is 142 Å². The molecule has 0 spiro atoms. The maximum absolute atomic E-state index is 11.9. The van der Waals surface area contributed by atoms with Gasteiger partial charge in [0.05, 0.1) is 12.5 Å². The first-order valence-electron chi connectivity index (χ1n) is 7.73. The molecule has 0 bridgehead atoms. The van der Waals surface area contributed by atoms with Gasteiger partial charge in [-0.1, -0.05) is 31.6 Å². The largest absolute Gasteiger partial charge is 0.461 e. The second-order valence-corrected chi connectivity index (χ2v) is 11.4. The molecule has 0 saturated heterocycles. The zero-order valence-electron chi connectivity index (χ0n) is 14.6. The summed E-state index contributed by atoms with van der Waals surface area (Å²) in [6, 6.07) is -1.53. The highest BCUT2D eigenvalue weighted by molar-refractivity contribution is 6.83. The van der Waals surface area contributed by atoms with Crippen molar-refractivity contribution >= 4 is 20.0 Å². The summed E-state index contributed by atoms with van der Waals surface area (Å²) in [5, 5.41) is 11.3. The molecule has 1 aliphatic carbocycles. The van der Waals surface area contributed by atoms with E-state index in [2.05, 4.69) is 11.5 Å². The van der Waals surface area contributed by atoms with Crippen LogP contribution < -0.4 is 0 Å². The first kappa shape index (κ1) is 19.9. The number of esters is 2. The molecule has 0 radical (unpaired) electrons. The molecule has 0 N–H and O–H groups in total. The van der Waals surface area contributed by atoms with Gasteiger partial charge >= 0.3 is 18.0 Å². The fourth-order valence-electron chi connectivity index (χ4n) is 2.37. The van der Waals surface area contributed by atoms with Crippen LogP contribution in [-0.4, -0.2) is 43.2 Å². The second-order valence-electron chi connectivity index (χ2n) is 6.69. The third-order valence-electron chi connectivity index (χ3n) is 3.29. The molecule has 0 saturated carbocycles. The van der Waals surface area contributed by atoms with Crippen LogP contribution in [0.5, 0.6) is 0 Å². The molecule has 0 amide bonds. The molecular formula is C16H23NO6Si. The van der Waals surface area contributed by atoms with Crippen molar-refractivity contribution in [1.82, 2.24) is 0 Å². The van der Waals surface area contributed by atoms with Crippen LogP contribution in [0.15, 0.2) is 12.2 Å². The number of nitrogens with zero attached hydrogens (tertiary/aromatic N) is 1. The molecule has 0 aromatic rings. The molecule has 3 atom stereocenters. The summed E-state index contributed by atoms with van der Waals surface area (Å²) in [6.45, 7) is 9.02. The molecular weight excluding hydrogens is 330 g/mol. The van der Waals surface area contributed by atoms with Gasteiger partial charge in [-0.2, -0.15) is 0 Å². The molecule has 0 aromatic carbocycles. The van der Waals surface area contributed by atoms with Crippen molar-refractivity contribution in [3.05, 3.63) is 22.3 Å². The predicted molar refractivity (Wildman–Crippen MR) is 90.3 cm³/mol. The highest BCUT2D eigenvalue weighted by Gasteiger charge is 2.47. The molecule has 0 aromatic heterocycles. The molecule has 0 aliphatic heterocycles. The lowest BCUT2D eigenvalue weighted by molar-refractivity contribution is -0.517. The van der Waals surface area contributed by atoms with E-state index >= 15 is 0 Å². The van der Waals surface area contributed by atoms with Crippen LogP contribution in [0.4, 0.5) is 0 Å². The molecule has 1 unspecified atom stereocenters. The SMILES string of the molecule is CCOC(=O)C([C@H]1C=C[C@@](C#C[Si](C)(C)C)(OC(C)=O)C1)[N+](=O)[O-]. The summed E-state index contributed by atoms with van der Waals surface area (Å²) >= 11 is 0. The van der Waals surface area contributed by atoms with Crippen molar-refractivity contribution in [3.8, 4) is 11.5 Å². The minimum Gasteiger partial charge on any atom is -0.461 e. The van der Waals surface area contributed by atoms with Gasteiger partial charge < -0.3 is 9.47 Å². The minimum absolute atomic E-state index is 0.0596. The molecule has 1 rings (SSSR count). The van der Waals surface area contributed by atoms with E-state index in [1.54, 1.807) is 13.0 Å². The highest BCUT2D eigenvalue weighted by Crippen LogP contribution is 2.34. The van der Waals surface area contributed by atoms with E-state index in [-0.39, 0.29) is 13.0 Å². The number of carbonyl (C=O) groups is 2. The van der Waals surface area contributed by atoms with E-state index in [1.165, 1.54) is 13.0 Å². The number of hydrogen-bond acceptors (Lipinski definition) is 6. The van der Waals surface area contributed by atoms with Gasteiger partial charge in [-0.15, -0.1) is 5.54 Å². The monoisotopic (exact) mass is 353 g/mol. The smallest absolute Gasteiger partial charge is 0.382 e. The van der Waals surface area contributed by atoms with Gasteiger partial charge in [-0.3, -0.25) is 14.9 Å². The van der Waals surface area contributed by atoms with Gasteiger partial charge in [0.1, 0.15) is 8.07 Å². The van der Waals surface area contributed by atoms with E-state index in [4.69, 9.17) is 9.47 Å². The molecule has 132 valence electrons. The van der Waals surface area contributed by atoms with E-state index in [0.29, 0.717) is 0 Å². The number of carbonyl (C=O) groups excluding carboxylic acids is 2. The van der Waals surface area contributed by atoms with Gasteiger partial charge in [0.25, 0.3) is 0 Å². The quantitative estimate of drug-likeness (QED) is 0.187. The zero-order chi connectivity index (χ0) is 18.5. The Morgan fingerprint density at radius 2 is 2.08 bits per heavy atom. The summed E-state index contributed by atoms with van der Waals surface area (Å²) in [5.41, 5.74) is 1.90. The molecule has 1 aliphatic rings. The minimum atomic E-state index is -1.74. The van der Waals surface area contributed by atoms with Crippen molar-refractivity contribution in [2.45, 2.75) is 51.6 Å². The normalized spacial score (nSPS) is 23.8. The Bertz CT molecular complexity index is 612. The molecule has 24 heavy (non-hydrogen) atoms. The summed E-state index contributed by atoms with van der Waals surface area (Å²) < 4.78 is 10.1. The maximum Gasteiger partial charge on any atom is 0.382 e. The van der Waals surface area contributed by atoms with Crippen LogP contribution in [0.1, 0.15) is 20.3 Å². The molecule has 8 heteroatoms. The maximum atomic E-state index is 11.9. The Hall–Kier alpha value is -2.14. The third-order valence-corrected chi connectivity index (χ3v) is 4.16. The van der Waals surface area contributed by atoms with Gasteiger partial charge in [-0.05, 0) is 13.0 Å². The summed E-state index contributed by atoms with van der Waals surface area (Å²) in [4.78, 5) is 33.9. The lowest BCUT2D eigenvalue weighted by Gasteiger charge is -2.23. The average Bonchev–Trinajstić information content (AvgIpc) is 2.79. The Morgan fingerprint density at radius 3 is 2.54 bits per heavy atom. The van der Waals surface area contributed by atoms with Crippen LogP contribution in [0.3, 0.4) is 0 Å². The van der Waals surface area contributed by atoms with Crippen molar-refractivity contribution in [2.24, 2.45) is 5.92 Å². The van der Waals surface area contributed by atoms with Crippen molar-refractivity contribution < 1.29 is 24.0 Å². The Balaban J connectivity index is 3.11. The summed E-state index contributed by atoms with van der Waals surface area (Å²) in [5.74, 6) is 0.804. The Kier molecular flexibility index (Phi) is 6.32. The van der Waals surface area contributed by atoms with Crippen LogP contribution in [0.2, 0.25) is 19.6 Å². The first-order chi connectivity index (χ1) is 11.0. The Morgan fingerprint density at radius 1 is 1.46 bits per heavy atom. The van der Waals surface area contributed by atoms with Crippen LogP contribution in [0, 0.1) is 27.5 Å². The number of rotatable bonds is 5. The van der Waals surface area contributed by atoms with Crippen LogP contribution in [0.25, 0.3) is 0 Å². The van der Waals surface area contributed by atoms with Crippen molar-refractivity contribution in [1.29, 1.82) is 0 Å². The molecule has 7 nitrogen and oxygen atoms in total. The van der Waals surface area contributed by atoms with E-state index < -0.39 is 42.5 Å². The van der Waals surface area contributed by atoms with Crippen molar-refractivity contribution in [2.75, 3.05) is 6.61 Å². The van der Waals surface area contributed by atoms with Gasteiger partial charge in [-0.25, -0.2) is 4.79 Å². The standard InChI is InChI=1S/C16H23NO6Si/c1-6-22-15(19)14(17(20)21)13-7-8-16(11-13,23-12(2)18)9-10-24(3,4)5/h7-8,13-14H,6,11H2,1-5H3/t13-,14?,16-/m0/s1. The van der Waals surface area contributed by atoms with Crippen LogP contribution >= 0.6 is 0 Å². The number of ether oxygens (including phenoxy) is 2. The first-order valence-corrected chi connectivity index (χ1v) is 11.2. The highest BCUT2D eigenvalue weighted by atomic mass is 28.3. The second kappa shape index (κ2) is 7.62. The number of hydrogen-bond donors (Lipinski definition) is 0. The van der Waals surface area contributed by atoms with Gasteiger partial charge in [0.15, 0.2) is 5.60 Å².